The number of carbonyl (C=O) groups is 2. The minimum Gasteiger partial charge on any atom is -0.480 e. The van der Waals surface area contributed by atoms with Gasteiger partial charge < -0.3 is 14.8 Å². The monoisotopic (exact) mass is 702 g/mol. The van der Waals surface area contributed by atoms with Crippen molar-refractivity contribution < 1.29 is 19.1 Å². The largest absolute Gasteiger partial charge is 0.480 e. The number of hydrogen-bond donors (Lipinski definition) is 1. The molecule has 0 atom stereocenters. The first kappa shape index (κ1) is 24.6. The van der Waals surface area contributed by atoms with E-state index in [1.165, 1.54) is 11.8 Å². The summed E-state index contributed by atoms with van der Waals surface area (Å²) in [7, 11) is 0. The molecule has 6 nitrogen and oxygen atoms in total. The van der Waals surface area contributed by atoms with Gasteiger partial charge in [0, 0.05) is 0 Å². The SMILES string of the molecule is CCOC(=O)COc1c(I)cc(/C=C2/SC(=Nc3cccc(Cl)c3Cl)NC2=O)cc1I. The Bertz CT molecular complexity index is 1090. The third-order valence-corrected chi connectivity index (χ3v) is 7.08. The van der Waals surface area contributed by atoms with Gasteiger partial charge in [-0.3, -0.25) is 4.79 Å². The molecule has 1 aliphatic heterocycles. The van der Waals surface area contributed by atoms with Gasteiger partial charge in [-0.2, -0.15) is 0 Å². The number of nitrogens with zero attached hydrogens (tertiary/aromatic N) is 1. The Balaban J connectivity index is 1.78. The van der Waals surface area contributed by atoms with E-state index >= 15 is 0 Å². The Labute approximate surface area is 220 Å². The average Bonchev–Trinajstić information content (AvgIpc) is 3.04. The lowest BCUT2D eigenvalue weighted by atomic mass is 10.2. The Kier molecular flexibility index (Phi) is 8.91. The van der Waals surface area contributed by atoms with Crippen molar-refractivity contribution in [1.29, 1.82) is 0 Å². The minimum absolute atomic E-state index is 0.162. The molecule has 0 bridgehead atoms. The molecule has 2 aromatic carbocycles. The Morgan fingerprint density at radius 3 is 2.65 bits per heavy atom. The number of carbonyl (C=O) groups excluding carboxylic acids is 2. The number of rotatable bonds is 6. The molecule has 0 aliphatic carbocycles. The smallest absolute Gasteiger partial charge is 0.344 e. The van der Waals surface area contributed by atoms with Crippen LogP contribution in [0.1, 0.15) is 12.5 Å². The normalized spacial score (nSPS) is 16.0. The summed E-state index contributed by atoms with van der Waals surface area (Å²) in [5.41, 5.74) is 1.29. The first-order chi connectivity index (χ1) is 14.8. The number of hydrogen-bond acceptors (Lipinski definition) is 6. The summed E-state index contributed by atoms with van der Waals surface area (Å²) in [5, 5.41) is 3.86. The maximum atomic E-state index is 12.4. The molecule has 11 heteroatoms. The van der Waals surface area contributed by atoms with Crippen LogP contribution in [0.25, 0.3) is 6.08 Å². The highest BCUT2D eigenvalue weighted by atomic mass is 127. The number of halogens is 4. The quantitative estimate of drug-likeness (QED) is 0.226. The van der Waals surface area contributed by atoms with Gasteiger partial charge in [0.1, 0.15) is 5.75 Å². The Hall–Kier alpha value is -1.02. The fourth-order valence-corrected chi connectivity index (χ4v) is 5.75. The lowest BCUT2D eigenvalue weighted by Gasteiger charge is -2.11. The molecule has 1 saturated heterocycles. The van der Waals surface area contributed by atoms with Crippen molar-refractivity contribution >= 4 is 109 Å². The topological polar surface area (TPSA) is 77.0 Å². The van der Waals surface area contributed by atoms with Gasteiger partial charge in [-0.1, -0.05) is 29.3 Å². The minimum atomic E-state index is -0.425. The Morgan fingerprint density at radius 2 is 1.97 bits per heavy atom. The van der Waals surface area contributed by atoms with Crippen LogP contribution in [0.2, 0.25) is 10.0 Å². The third kappa shape index (κ3) is 6.50. The van der Waals surface area contributed by atoms with Gasteiger partial charge in [-0.15, -0.1) is 0 Å². The van der Waals surface area contributed by atoms with Crippen molar-refractivity contribution in [3.05, 3.63) is 58.0 Å². The molecule has 0 unspecified atom stereocenters. The molecule has 1 fully saturated rings. The molecule has 2 aromatic rings. The maximum Gasteiger partial charge on any atom is 0.344 e. The summed E-state index contributed by atoms with van der Waals surface area (Å²) < 4.78 is 12.1. The van der Waals surface area contributed by atoms with Crippen LogP contribution in [0.3, 0.4) is 0 Å². The predicted molar refractivity (Wildman–Crippen MR) is 141 cm³/mol. The van der Waals surface area contributed by atoms with E-state index in [0.717, 1.165) is 12.7 Å². The van der Waals surface area contributed by atoms with Crippen LogP contribution in [0.4, 0.5) is 5.69 Å². The van der Waals surface area contributed by atoms with Crippen LogP contribution < -0.4 is 10.1 Å². The molecule has 3 rings (SSSR count). The van der Waals surface area contributed by atoms with Crippen molar-refractivity contribution in [2.24, 2.45) is 4.99 Å². The number of amidine groups is 1. The summed E-state index contributed by atoms with van der Waals surface area (Å²) in [6.45, 7) is 1.88. The van der Waals surface area contributed by atoms with Gasteiger partial charge >= 0.3 is 5.97 Å². The summed E-state index contributed by atoms with van der Waals surface area (Å²) in [5.74, 6) is -0.0849. The zero-order valence-electron chi connectivity index (χ0n) is 15.9. The van der Waals surface area contributed by atoms with Crippen LogP contribution in [-0.4, -0.2) is 30.3 Å². The zero-order chi connectivity index (χ0) is 22.5. The molecular weight excluding hydrogens is 689 g/mol. The molecule has 0 aromatic heterocycles. The number of benzene rings is 2. The number of thioether (sulfide) groups is 1. The highest BCUT2D eigenvalue weighted by Crippen LogP contribution is 2.35. The van der Waals surface area contributed by atoms with Gasteiger partial charge in [0.25, 0.3) is 5.91 Å². The second kappa shape index (κ2) is 11.2. The van der Waals surface area contributed by atoms with E-state index in [1.807, 2.05) is 12.1 Å². The number of nitrogens with one attached hydrogen (secondary N) is 1. The molecule has 0 spiro atoms. The first-order valence-electron chi connectivity index (χ1n) is 8.79. The van der Waals surface area contributed by atoms with Crippen molar-refractivity contribution in [3.63, 3.8) is 0 Å². The second-order valence-corrected chi connectivity index (χ2v) is 10.1. The molecule has 0 saturated carbocycles. The van der Waals surface area contributed by atoms with E-state index < -0.39 is 5.97 Å². The predicted octanol–water partition coefficient (Wildman–Crippen LogP) is 6.04. The highest BCUT2D eigenvalue weighted by Gasteiger charge is 2.24. The number of esters is 1. The van der Waals surface area contributed by atoms with Crippen molar-refractivity contribution in [2.45, 2.75) is 6.92 Å². The van der Waals surface area contributed by atoms with E-state index in [4.69, 9.17) is 32.7 Å². The van der Waals surface area contributed by atoms with Crippen molar-refractivity contribution in [2.75, 3.05) is 13.2 Å². The summed E-state index contributed by atoms with van der Waals surface area (Å²) >= 11 is 17.7. The molecule has 1 amide bonds. The average molecular weight is 703 g/mol. The number of ether oxygens (including phenoxy) is 2. The first-order valence-corrected chi connectivity index (χ1v) is 12.5. The standard InChI is InChI=1S/C20H14Cl2I2N2O4S/c1-2-29-16(27)9-30-18-12(23)6-10(7-13(18)24)8-15-19(28)26-20(31-15)25-14-5-3-4-11(21)17(14)22/h3-8H,2,9H2,1H3,(H,25,26,28)/b15-8+. The van der Waals surface area contributed by atoms with Crippen LogP contribution in [0.5, 0.6) is 5.75 Å². The van der Waals surface area contributed by atoms with Gasteiger partial charge in [-0.05, 0) is 99.8 Å². The fraction of sp³-hybridized carbons (Fsp3) is 0.150. The second-order valence-electron chi connectivity index (χ2n) is 5.96. The summed E-state index contributed by atoms with van der Waals surface area (Å²) in [4.78, 5) is 28.8. The summed E-state index contributed by atoms with van der Waals surface area (Å²) in [6.07, 6.45) is 1.77. The van der Waals surface area contributed by atoms with E-state index in [1.54, 1.807) is 31.2 Å². The van der Waals surface area contributed by atoms with Gasteiger partial charge in [0.15, 0.2) is 11.8 Å². The van der Waals surface area contributed by atoms with Crippen LogP contribution in [0.15, 0.2) is 40.2 Å². The Morgan fingerprint density at radius 1 is 1.26 bits per heavy atom. The van der Waals surface area contributed by atoms with Crippen LogP contribution >= 0.6 is 80.1 Å². The van der Waals surface area contributed by atoms with E-state index in [-0.39, 0.29) is 12.5 Å². The lowest BCUT2D eigenvalue weighted by Crippen LogP contribution is -2.19. The highest BCUT2D eigenvalue weighted by molar-refractivity contribution is 14.1. The molecule has 0 radical (unpaired) electrons. The van der Waals surface area contributed by atoms with Gasteiger partial charge in [-0.25, -0.2) is 9.79 Å². The maximum absolute atomic E-state index is 12.4. The van der Waals surface area contributed by atoms with Gasteiger partial charge in [0.2, 0.25) is 0 Å². The molecule has 31 heavy (non-hydrogen) atoms. The molecule has 1 N–H and O–H groups in total. The van der Waals surface area contributed by atoms with E-state index in [0.29, 0.717) is 38.2 Å². The third-order valence-electron chi connectivity index (χ3n) is 3.76. The number of aliphatic imine (C=N–C) groups is 1. The summed E-state index contributed by atoms with van der Waals surface area (Å²) in [6, 6.07) is 8.86. The molecule has 1 aliphatic rings. The van der Waals surface area contributed by atoms with Crippen LogP contribution in [0, 0.1) is 7.14 Å². The molecule has 1 heterocycles. The lowest BCUT2D eigenvalue weighted by molar-refractivity contribution is -0.145. The molecular formula is C20H14Cl2I2N2O4S. The number of amides is 1. The zero-order valence-corrected chi connectivity index (χ0v) is 22.5. The fourth-order valence-electron chi connectivity index (χ4n) is 2.45. The van der Waals surface area contributed by atoms with Crippen LogP contribution in [-0.2, 0) is 14.3 Å². The van der Waals surface area contributed by atoms with Crippen molar-refractivity contribution in [1.82, 2.24) is 5.32 Å². The van der Waals surface area contributed by atoms with Crippen molar-refractivity contribution in [3.8, 4) is 5.75 Å². The van der Waals surface area contributed by atoms with Gasteiger partial charge in [0.05, 0.1) is 34.4 Å². The van der Waals surface area contributed by atoms with E-state index in [2.05, 4.69) is 55.5 Å². The molecule has 162 valence electrons. The van der Waals surface area contributed by atoms with E-state index in [9.17, 15) is 9.59 Å².